The number of hydrogen-bond acceptors (Lipinski definition) is 14. The highest BCUT2D eigenvalue weighted by molar-refractivity contribution is 7.80. The summed E-state index contributed by atoms with van der Waals surface area (Å²) in [5.41, 5.74) is 28.7. The van der Waals surface area contributed by atoms with Gasteiger partial charge in [0.15, 0.2) is 12.0 Å². The number of fused-ring (bicyclic) bond motifs is 3. The molecular formula is C44H67N15O11S2. The third-order valence-electron chi connectivity index (χ3n) is 11.7. The molecule has 0 saturated carbocycles. The number of guanidine groups is 1. The molecule has 1 aliphatic heterocycles. The molecule has 0 saturated heterocycles. The monoisotopic (exact) mass is 1050 g/mol. The number of hydrogen-bond donors (Lipinski definition) is 14. The molecule has 17 N–H and O–H groups in total. The summed E-state index contributed by atoms with van der Waals surface area (Å²) in [5.74, 6) is -10.2. The lowest BCUT2D eigenvalue weighted by Crippen LogP contribution is -2.60. The van der Waals surface area contributed by atoms with Crippen LogP contribution in [0.5, 0.6) is 0 Å². The number of aromatic amines is 1. The van der Waals surface area contributed by atoms with Gasteiger partial charge in [0.05, 0.1) is 25.2 Å². The molecule has 2 aromatic rings. The van der Waals surface area contributed by atoms with Crippen LogP contribution in [0.3, 0.4) is 0 Å². The van der Waals surface area contributed by atoms with Crippen LogP contribution in [0, 0.1) is 5.92 Å². The van der Waals surface area contributed by atoms with Crippen molar-refractivity contribution in [3.63, 3.8) is 0 Å². The van der Waals surface area contributed by atoms with Crippen LogP contribution in [0.15, 0.2) is 29.3 Å². The summed E-state index contributed by atoms with van der Waals surface area (Å²) in [4.78, 5) is 154. The van der Waals surface area contributed by atoms with Gasteiger partial charge in [-0.1, -0.05) is 38.5 Å². The van der Waals surface area contributed by atoms with Crippen molar-refractivity contribution in [2.45, 2.75) is 101 Å². The quantitative estimate of drug-likeness (QED) is 0.0159. The van der Waals surface area contributed by atoms with Crippen molar-refractivity contribution in [3.8, 4) is 0 Å². The predicted molar refractivity (Wildman–Crippen MR) is 270 cm³/mol. The molecule has 1 aliphatic rings. The number of carbonyl (C=O) groups excluding carboxylic acids is 11. The van der Waals surface area contributed by atoms with E-state index < -0.39 is 134 Å². The van der Waals surface area contributed by atoms with Crippen LogP contribution in [-0.4, -0.2) is 161 Å². The second-order valence-electron chi connectivity index (χ2n) is 17.1. The molecule has 3 rings (SSSR count). The highest BCUT2D eigenvalue weighted by Gasteiger charge is 2.41. The molecule has 26 nitrogen and oxygen atoms in total. The normalized spacial score (nSPS) is 15.4. The van der Waals surface area contributed by atoms with Crippen molar-refractivity contribution in [3.05, 3.63) is 35.5 Å². The van der Waals surface area contributed by atoms with Crippen molar-refractivity contribution in [2.75, 3.05) is 44.7 Å². The van der Waals surface area contributed by atoms with Crippen LogP contribution in [-0.2, 0) is 59.2 Å². The molecule has 0 spiro atoms. The molecule has 11 amide bonds. The third kappa shape index (κ3) is 17.6. The minimum absolute atomic E-state index is 0.0159. The van der Waals surface area contributed by atoms with Gasteiger partial charge in [0.25, 0.3) is 0 Å². The zero-order valence-electron chi connectivity index (χ0n) is 40.4. The van der Waals surface area contributed by atoms with Gasteiger partial charge in [-0.25, -0.2) is 0 Å². The number of nitrogens with one attached hydrogen (secondary N) is 7. The van der Waals surface area contributed by atoms with Gasteiger partial charge in [0, 0.05) is 49.6 Å². The van der Waals surface area contributed by atoms with E-state index in [0.717, 1.165) is 21.4 Å². The zero-order chi connectivity index (χ0) is 53.8. The van der Waals surface area contributed by atoms with E-state index in [1.165, 1.54) is 11.9 Å². The fourth-order valence-corrected chi connectivity index (χ4v) is 8.22. The Balaban J connectivity index is 1.81. The van der Waals surface area contributed by atoms with Crippen molar-refractivity contribution < 1.29 is 52.7 Å². The van der Waals surface area contributed by atoms with Crippen LogP contribution in [0.2, 0.25) is 0 Å². The number of carbonyl (C=O) groups is 11. The topological polar surface area (TPSA) is 425 Å². The molecule has 0 aliphatic carbocycles. The summed E-state index contributed by atoms with van der Waals surface area (Å²) >= 11 is 8.38. The largest absolute Gasteiger partial charge is 0.370 e. The number of aromatic nitrogens is 1. The van der Waals surface area contributed by atoms with Crippen LogP contribution in [0.1, 0.15) is 76.1 Å². The average molecular weight is 1050 g/mol. The summed E-state index contributed by atoms with van der Waals surface area (Å²) < 4.78 is 0. The van der Waals surface area contributed by atoms with Gasteiger partial charge in [-0.15, -0.1) is 0 Å². The Labute approximate surface area is 426 Å². The molecule has 0 fully saturated rings. The van der Waals surface area contributed by atoms with E-state index >= 15 is 0 Å². The summed E-state index contributed by atoms with van der Waals surface area (Å²) in [5, 5.41) is 15.7. The van der Waals surface area contributed by atoms with E-state index in [1.807, 2.05) is 24.3 Å². The Kier molecular flexibility index (Phi) is 23.6. The van der Waals surface area contributed by atoms with Crippen LogP contribution >= 0.6 is 25.3 Å². The first-order valence-electron chi connectivity index (χ1n) is 23.1. The van der Waals surface area contributed by atoms with Gasteiger partial charge in [0.2, 0.25) is 65.0 Å². The minimum atomic E-state index is -1.77. The Morgan fingerprint density at radius 2 is 1.43 bits per heavy atom. The van der Waals surface area contributed by atoms with Gasteiger partial charge in [-0.05, 0) is 49.0 Å². The number of amides is 11. The summed E-state index contributed by atoms with van der Waals surface area (Å²) in [6.45, 7) is 2.59. The Hall–Kier alpha value is -7.10. The fraction of sp³-hybridized carbons (Fsp3) is 0.545. The molecule has 7 atom stereocenters. The second kappa shape index (κ2) is 28.7. The Morgan fingerprint density at radius 3 is 2.04 bits per heavy atom. The van der Waals surface area contributed by atoms with Crippen LogP contribution in [0.4, 0.5) is 0 Å². The predicted octanol–water partition coefficient (Wildman–Crippen LogP) is -4.43. The number of benzene rings is 1. The number of likely N-dealkylation sites (N-methyl/N-ethyl adjacent to an activating group) is 1. The molecule has 72 heavy (non-hydrogen) atoms. The second-order valence-corrected chi connectivity index (χ2v) is 17.9. The maximum Gasteiger partial charge on any atom is 0.249 e. The number of primary amides is 3. The SMILES string of the molecule is CC[C@H](C)[C@H](NC(=O)[C@H]1c2[nH]c3ccccc3c2CCN1C(=O)CCS)C(=O)N[C@@H](CCC(N)=O)C(=O)N[C@@H](CC(N)=O)C(=O)N[C@@H](CS)C(=O)N(C)CC(=O)N[C@@H](CCCN=C(N)N)C(=O)NCC(N)=O. The highest BCUT2D eigenvalue weighted by atomic mass is 32.1. The molecule has 1 aromatic heterocycles. The maximum absolute atomic E-state index is 14.4. The fourth-order valence-electron chi connectivity index (χ4n) is 7.78. The van der Waals surface area contributed by atoms with Gasteiger partial charge >= 0.3 is 0 Å². The van der Waals surface area contributed by atoms with Crippen molar-refractivity contribution in [1.29, 1.82) is 0 Å². The van der Waals surface area contributed by atoms with E-state index in [1.54, 1.807) is 13.8 Å². The first-order valence-corrected chi connectivity index (χ1v) is 24.3. The standard InChI is InChI=1S/C44H67N15O11S2/c1-4-22(2)35(57-42(69)37-36-24(13-16-59(37)34(64)14-17-71)23-8-5-6-9-25(23)53-36)41(68)54-27(11-12-30(45)60)39(66)55-28(18-31(46)61)40(67)56-29(21-72)43(70)58(3)20-33(63)52-26(10-7-15-50-44(48)49)38(65)51-19-32(47)62/h5-6,8-9,22,26-29,35,37,53,71-72H,4,7,10-21H2,1-3H3,(H2,45,60)(H2,46,61)(H2,47,62)(H,51,65)(H,52,63)(H,54,68)(H,55,66)(H,56,67)(H,57,69)(H4,48,49,50)/t22-,26-,27-,28-,29-,35-,37+/m0/s1. The summed E-state index contributed by atoms with van der Waals surface area (Å²) in [6, 6.07) is -1.10. The zero-order valence-corrected chi connectivity index (χ0v) is 42.2. The Bertz CT molecular complexity index is 2360. The van der Waals surface area contributed by atoms with Crippen LogP contribution in [0.25, 0.3) is 10.9 Å². The van der Waals surface area contributed by atoms with E-state index in [4.69, 9.17) is 28.7 Å². The molecule has 0 unspecified atom stereocenters. The van der Waals surface area contributed by atoms with E-state index in [2.05, 4.69) is 67.1 Å². The molecular weight excluding hydrogens is 979 g/mol. The van der Waals surface area contributed by atoms with Crippen LogP contribution < -0.4 is 60.6 Å². The first-order chi connectivity index (χ1) is 34.0. The van der Waals surface area contributed by atoms with Crippen molar-refractivity contribution in [1.82, 2.24) is 46.7 Å². The molecule has 396 valence electrons. The number of nitrogens with two attached hydrogens (primary N) is 5. The maximum atomic E-state index is 14.4. The van der Waals surface area contributed by atoms with E-state index in [0.29, 0.717) is 18.5 Å². The van der Waals surface area contributed by atoms with E-state index in [-0.39, 0.29) is 55.7 Å². The first kappa shape index (κ1) is 59.2. The number of nitrogens with zero attached hydrogens (tertiary/aromatic N) is 3. The number of thiol groups is 2. The smallest absolute Gasteiger partial charge is 0.249 e. The molecule has 0 bridgehead atoms. The summed E-state index contributed by atoms with van der Waals surface area (Å²) in [7, 11) is 1.21. The molecule has 1 aromatic carbocycles. The minimum Gasteiger partial charge on any atom is -0.370 e. The average Bonchev–Trinajstić information content (AvgIpc) is 3.71. The lowest BCUT2D eigenvalue weighted by molar-refractivity contribution is -0.143. The van der Waals surface area contributed by atoms with Gasteiger partial charge < -0.3 is 75.4 Å². The lowest BCUT2D eigenvalue weighted by Gasteiger charge is -2.36. The number of rotatable bonds is 29. The summed E-state index contributed by atoms with van der Waals surface area (Å²) in [6.07, 6.45) is -0.560. The van der Waals surface area contributed by atoms with Gasteiger partial charge in [-0.2, -0.15) is 25.3 Å². The van der Waals surface area contributed by atoms with Crippen molar-refractivity contribution >= 4 is 107 Å². The molecule has 28 heteroatoms. The Morgan fingerprint density at radius 1 is 0.792 bits per heavy atom. The number of aliphatic imine (C=N–C) groups is 1. The number of H-pyrrole nitrogens is 1. The third-order valence-corrected chi connectivity index (χ3v) is 12.2. The van der Waals surface area contributed by atoms with Crippen molar-refractivity contribution in [2.24, 2.45) is 39.6 Å². The highest BCUT2D eigenvalue weighted by Crippen LogP contribution is 2.35. The number of para-hydroxylation sites is 1. The lowest BCUT2D eigenvalue weighted by atomic mass is 9.94. The van der Waals surface area contributed by atoms with Gasteiger partial charge in [-0.3, -0.25) is 57.7 Å². The van der Waals surface area contributed by atoms with Gasteiger partial charge in [0.1, 0.15) is 30.2 Å². The van der Waals surface area contributed by atoms with E-state index in [9.17, 15) is 52.7 Å². The molecule has 0 radical (unpaired) electrons. The molecule has 2 heterocycles.